The molecule has 1 aliphatic rings. The van der Waals surface area contributed by atoms with E-state index in [9.17, 15) is 4.79 Å². The first kappa shape index (κ1) is 16.8. The maximum Gasteiger partial charge on any atom is 0.223 e. The molecular formula is C15H24N2O2S2. The Morgan fingerprint density at radius 1 is 1.52 bits per heavy atom. The second-order valence-corrected chi connectivity index (χ2v) is 7.58. The first-order valence-electron chi connectivity index (χ1n) is 7.60. The van der Waals surface area contributed by atoms with Crippen LogP contribution < -0.4 is 0 Å². The van der Waals surface area contributed by atoms with E-state index in [1.54, 1.807) is 23.1 Å². The van der Waals surface area contributed by atoms with Gasteiger partial charge in [-0.2, -0.15) is 11.8 Å². The number of hydrogen-bond donors (Lipinski definition) is 1. The van der Waals surface area contributed by atoms with Crippen LogP contribution in [0.25, 0.3) is 0 Å². The number of carbonyl (C=O) groups is 1. The van der Waals surface area contributed by atoms with Crippen molar-refractivity contribution in [2.45, 2.75) is 50.8 Å². The van der Waals surface area contributed by atoms with Crippen molar-refractivity contribution >= 4 is 29.0 Å². The minimum absolute atomic E-state index is 0.0630. The number of amides is 1. The van der Waals surface area contributed by atoms with Crippen molar-refractivity contribution in [2.75, 3.05) is 18.9 Å². The number of hydrogen-bond acceptors (Lipinski definition) is 5. The lowest BCUT2D eigenvalue weighted by molar-refractivity contribution is -0.133. The Morgan fingerprint density at radius 2 is 2.29 bits per heavy atom. The van der Waals surface area contributed by atoms with E-state index in [-0.39, 0.29) is 12.5 Å². The van der Waals surface area contributed by atoms with E-state index in [2.05, 4.69) is 10.4 Å². The van der Waals surface area contributed by atoms with Crippen LogP contribution >= 0.6 is 23.1 Å². The SMILES string of the molecule is Cc1nc(CSCCC(=O)N(CCO)C2CCCC2)cs1. The highest BCUT2D eigenvalue weighted by Crippen LogP contribution is 2.24. The average molecular weight is 329 g/mol. The Bertz CT molecular complexity index is 445. The molecule has 0 saturated heterocycles. The summed E-state index contributed by atoms with van der Waals surface area (Å²) in [7, 11) is 0. The molecule has 1 aromatic heterocycles. The molecule has 2 rings (SSSR count). The van der Waals surface area contributed by atoms with E-state index in [0.717, 1.165) is 35.0 Å². The highest BCUT2D eigenvalue weighted by atomic mass is 32.2. The molecule has 0 aromatic carbocycles. The van der Waals surface area contributed by atoms with E-state index in [1.807, 2.05) is 11.8 Å². The molecule has 0 radical (unpaired) electrons. The van der Waals surface area contributed by atoms with Gasteiger partial charge < -0.3 is 10.0 Å². The van der Waals surface area contributed by atoms with Crippen molar-refractivity contribution in [3.63, 3.8) is 0 Å². The van der Waals surface area contributed by atoms with Crippen molar-refractivity contribution in [1.82, 2.24) is 9.88 Å². The van der Waals surface area contributed by atoms with Gasteiger partial charge in [-0.1, -0.05) is 12.8 Å². The smallest absolute Gasteiger partial charge is 0.223 e. The summed E-state index contributed by atoms with van der Waals surface area (Å²) in [6, 6.07) is 0.357. The molecule has 1 aliphatic carbocycles. The number of thiazole rings is 1. The number of aliphatic hydroxyl groups is 1. The fourth-order valence-corrected chi connectivity index (χ4v) is 4.33. The minimum Gasteiger partial charge on any atom is -0.395 e. The molecule has 1 amide bonds. The van der Waals surface area contributed by atoms with E-state index >= 15 is 0 Å². The second-order valence-electron chi connectivity index (χ2n) is 5.41. The number of aryl methyl sites for hydroxylation is 1. The van der Waals surface area contributed by atoms with Gasteiger partial charge in [0.15, 0.2) is 0 Å². The second kappa shape index (κ2) is 8.76. The number of carbonyl (C=O) groups excluding carboxylic acids is 1. The molecule has 0 aliphatic heterocycles. The molecule has 0 unspecified atom stereocenters. The van der Waals surface area contributed by atoms with Crippen molar-refractivity contribution in [3.8, 4) is 0 Å². The molecule has 0 spiro atoms. The topological polar surface area (TPSA) is 53.4 Å². The van der Waals surface area contributed by atoms with Crippen LogP contribution in [-0.2, 0) is 10.5 Å². The van der Waals surface area contributed by atoms with E-state index in [1.165, 1.54) is 12.8 Å². The maximum absolute atomic E-state index is 12.3. The molecule has 4 nitrogen and oxygen atoms in total. The zero-order valence-corrected chi connectivity index (χ0v) is 14.2. The number of rotatable bonds is 8. The predicted molar refractivity (Wildman–Crippen MR) is 88.7 cm³/mol. The largest absolute Gasteiger partial charge is 0.395 e. The summed E-state index contributed by atoms with van der Waals surface area (Å²) >= 11 is 3.43. The van der Waals surface area contributed by atoms with Gasteiger partial charge in [0.25, 0.3) is 0 Å². The first-order chi connectivity index (χ1) is 10.2. The molecule has 1 heterocycles. The quantitative estimate of drug-likeness (QED) is 0.746. The summed E-state index contributed by atoms with van der Waals surface area (Å²) in [6.07, 6.45) is 5.16. The molecular weight excluding hydrogens is 304 g/mol. The fraction of sp³-hybridized carbons (Fsp3) is 0.733. The molecule has 0 bridgehead atoms. The average Bonchev–Trinajstić information content (AvgIpc) is 3.12. The normalized spacial score (nSPS) is 15.5. The van der Waals surface area contributed by atoms with Crippen LogP contribution in [0, 0.1) is 6.92 Å². The summed E-state index contributed by atoms with van der Waals surface area (Å²) in [5.74, 6) is 1.89. The lowest BCUT2D eigenvalue weighted by Crippen LogP contribution is -2.40. The molecule has 21 heavy (non-hydrogen) atoms. The van der Waals surface area contributed by atoms with Crippen molar-refractivity contribution in [1.29, 1.82) is 0 Å². The molecule has 1 fully saturated rings. The standard InChI is InChI=1S/C15H24N2O2S2/c1-12-16-13(11-21-12)10-20-9-6-15(19)17(7-8-18)14-4-2-3-5-14/h11,14,18H,2-10H2,1H3. The summed E-state index contributed by atoms with van der Waals surface area (Å²) in [5.41, 5.74) is 1.11. The highest BCUT2D eigenvalue weighted by molar-refractivity contribution is 7.98. The van der Waals surface area contributed by atoms with Gasteiger partial charge >= 0.3 is 0 Å². The third-order valence-corrected chi connectivity index (χ3v) is 5.62. The molecule has 1 aromatic rings. The predicted octanol–water partition coefficient (Wildman–Crippen LogP) is 2.84. The van der Waals surface area contributed by atoms with Gasteiger partial charge in [-0.3, -0.25) is 4.79 Å². The van der Waals surface area contributed by atoms with E-state index in [4.69, 9.17) is 5.11 Å². The summed E-state index contributed by atoms with van der Waals surface area (Å²) in [6.45, 7) is 2.56. The van der Waals surface area contributed by atoms with Crippen molar-refractivity contribution in [2.24, 2.45) is 0 Å². The van der Waals surface area contributed by atoms with Gasteiger partial charge in [-0.25, -0.2) is 4.98 Å². The lowest BCUT2D eigenvalue weighted by atomic mass is 10.2. The molecule has 1 N–H and O–H groups in total. The highest BCUT2D eigenvalue weighted by Gasteiger charge is 2.25. The van der Waals surface area contributed by atoms with E-state index in [0.29, 0.717) is 19.0 Å². The van der Waals surface area contributed by atoms with Gasteiger partial charge in [-0.15, -0.1) is 11.3 Å². The summed E-state index contributed by atoms with van der Waals surface area (Å²) in [5, 5.41) is 12.3. The Morgan fingerprint density at radius 3 is 2.90 bits per heavy atom. The van der Waals surface area contributed by atoms with Crippen LogP contribution in [0.5, 0.6) is 0 Å². The Labute approximate surface area is 135 Å². The number of thioether (sulfide) groups is 1. The Kier molecular flexibility index (Phi) is 6.99. The van der Waals surface area contributed by atoms with Gasteiger partial charge in [0.2, 0.25) is 5.91 Å². The molecule has 118 valence electrons. The summed E-state index contributed by atoms with van der Waals surface area (Å²) in [4.78, 5) is 18.7. The fourth-order valence-electron chi connectivity index (χ4n) is 2.79. The van der Waals surface area contributed by atoms with Crippen molar-refractivity contribution < 1.29 is 9.90 Å². The third kappa shape index (κ3) is 5.27. The van der Waals surface area contributed by atoms with Crippen LogP contribution in [0.4, 0.5) is 0 Å². The molecule has 1 saturated carbocycles. The molecule has 6 heteroatoms. The molecule has 0 atom stereocenters. The maximum atomic E-state index is 12.3. The first-order valence-corrected chi connectivity index (χ1v) is 9.63. The third-order valence-electron chi connectivity index (χ3n) is 3.80. The summed E-state index contributed by atoms with van der Waals surface area (Å²) < 4.78 is 0. The van der Waals surface area contributed by atoms with Crippen LogP contribution in [0.15, 0.2) is 5.38 Å². The minimum atomic E-state index is 0.0630. The van der Waals surface area contributed by atoms with Gasteiger partial charge in [0.05, 0.1) is 17.3 Å². The lowest BCUT2D eigenvalue weighted by Gasteiger charge is -2.28. The zero-order chi connectivity index (χ0) is 15.1. The monoisotopic (exact) mass is 328 g/mol. The van der Waals surface area contributed by atoms with Gasteiger partial charge in [-0.05, 0) is 19.8 Å². The number of aromatic nitrogens is 1. The van der Waals surface area contributed by atoms with E-state index < -0.39 is 0 Å². The number of aliphatic hydroxyl groups excluding tert-OH is 1. The Hall–Kier alpha value is -0.590. The van der Waals surface area contributed by atoms with Crippen LogP contribution in [0.3, 0.4) is 0 Å². The van der Waals surface area contributed by atoms with Crippen molar-refractivity contribution in [3.05, 3.63) is 16.1 Å². The number of nitrogens with zero attached hydrogens (tertiary/aromatic N) is 2. The Balaban J connectivity index is 1.71. The van der Waals surface area contributed by atoms with Gasteiger partial charge in [0.1, 0.15) is 0 Å². The van der Waals surface area contributed by atoms with Crippen LogP contribution in [-0.4, -0.2) is 45.8 Å². The zero-order valence-electron chi connectivity index (χ0n) is 12.6. The van der Waals surface area contributed by atoms with Gasteiger partial charge in [0, 0.05) is 35.9 Å². The van der Waals surface area contributed by atoms with Crippen LogP contribution in [0.2, 0.25) is 0 Å². The van der Waals surface area contributed by atoms with Crippen LogP contribution in [0.1, 0.15) is 42.8 Å².